The number of nitrogens with zero attached hydrogens (tertiary/aromatic N) is 3. The highest BCUT2D eigenvalue weighted by Crippen LogP contribution is 2.40. The van der Waals surface area contributed by atoms with Crippen LogP contribution in [0.25, 0.3) is 0 Å². The van der Waals surface area contributed by atoms with Crippen molar-refractivity contribution in [2.24, 2.45) is 10.9 Å². The Hall–Kier alpha value is -2.75. The molecule has 0 bridgehead atoms. The van der Waals surface area contributed by atoms with Crippen molar-refractivity contribution in [2.75, 3.05) is 31.6 Å². The van der Waals surface area contributed by atoms with Gasteiger partial charge in [0.25, 0.3) is 0 Å². The minimum atomic E-state index is -4.72. The molecule has 1 N–H and O–H groups in total. The van der Waals surface area contributed by atoms with Crippen LogP contribution in [0.4, 0.5) is 19.0 Å². The molecule has 0 saturated carbocycles. The van der Waals surface area contributed by atoms with Gasteiger partial charge >= 0.3 is 12.1 Å². The van der Waals surface area contributed by atoms with E-state index in [0.717, 1.165) is 30.0 Å². The molecule has 32 heavy (non-hydrogen) atoms. The molecule has 7 nitrogen and oxygen atoms in total. The number of Topliss-reactive ketones (excluding diaryl/α,β-unsaturated/α-hetero) is 1. The van der Waals surface area contributed by atoms with E-state index in [2.05, 4.69) is 14.7 Å². The third kappa shape index (κ3) is 4.03. The van der Waals surface area contributed by atoms with Gasteiger partial charge in [-0.3, -0.25) is 9.79 Å². The average Bonchev–Trinajstić information content (AvgIpc) is 3.16. The first-order chi connectivity index (χ1) is 15.0. The van der Waals surface area contributed by atoms with Crippen LogP contribution in [0.15, 0.2) is 28.3 Å². The van der Waals surface area contributed by atoms with Crippen LogP contribution in [0, 0.1) is 5.92 Å². The number of aromatic nitrogens is 1. The van der Waals surface area contributed by atoms with Crippen LogP contribution in [-0.2, 0) is 15.7 Å². The molecule has 1 aromatic heterocycles. The molecule has 1 unspecified atom stereocenters. The van der Waals surface area contributed by atoms with E-state index in [-0.39, 0.29) is 23.9 Å². The smallest absolute Gasteiger partial charge is 0.418 e. The highest BCUT2D eigenvalue weighted by molar-refractivity contribution is 6.08. The largest absolute Gasteiger partial charge is 0.464 e. The Balaban J connectivity index is 1.51. The van der Waals surface area contributed by atoms with E-state index in [9.17, 15) is 27.9 Å². The Bertz CT molecular complexity index is 1020. The number of aliphatic imine (C=N–C) groups is 1. The summed E-state index contributed by atoms with van der Waals surface area (Å²) in [5.41, 5.74) is -0.587. The van der Waals surface area contributed by atoms with E-state index in [4.69, 9.17) is 0 Å². The minimum Gasteiger partial charge on any atom is -0.464 e. The summed E-state index contributed by atoms with van der Waals surface area (Å²) in [4.78, 5) is 34.2. The molecule has 10 heteroatoms. The second-order valence-corrected chi connectivity index (χ2v) is 8.66. The second-order valence-electron chi connectivity index (χ2n) is 8.66. The molecule has 3 heterocycles. The molecule has 4 rings (SSSR count). The maximum absolute atomic E-state index is 13.2. The lowest BCUT2D eigenvalue weighted by Crippen LogP contribution is -2.42. The van der Waals surface area contributed by atoms with Crippen LogP contribution in [0.3, 0.4) is 0 Å². The van der Waals surface area contributed by atoms with Gasteiger partial charge in [-0.2, -0.15) is 13.2 Å². The third-order valence-corrected chi connectivity index (χ3v) is 6.31. The van der Waals surface area contributed by atoms with E-state index in [1.165, 1.54) is 6.07 Å². The number of aliphatic hydroxyl groups is 1. The summed E-state index contributed by atoms with van der Waals surface area (Å²) < 4.78 is 44.2. The van der Waals surface area contributed by atoms with Gasteiger partial charge in [0.15, 0.2) is 5.69 Å². The number of ketones is 1. The number of rotatable bonds is 3. The molecule has 1 atom stereocenters. The number of pyridine rings is 1. The lowest BCUT2D eigenvalue weighted by atomic mass is 9.74. The van der Waals surface area contributed by atoms with Crippen LogP contribution in [0.5, 0.6) is 0 Å². The monoisotopic (exact) mass is 451 g/mol. The molecule has 0 spiro atoms. The zero-order chi connectivity index (χ0) is 23.3. The third-order valence-electron chi connectivity index (χ3n) is 6.31. The number of hydrogen-bond donors (Lipinski definition) is 1. The number of halogens is 3. The van der Waals surface area contributed by atoms with Crippen LogP contribution in [0.2, 0.25) is 0 Å². The Labute approximate surface area is 183 Å². The number of hydrogen-bond acceptors (Lipinski definition) is 7. The fourth-order valence-corrected chi connectivity index (χ4v) is 4.91. The lowest BCUT2D eigenvalue weighted by Gasteiger charge is -2.37. The molecule has 172 valence electrons. The van der Waals surface area contributed by atoms with Crippen LogP contribution >= 0.6 is 0 Å². The van der Waals surface area contributed by atoms with Crippen molar-refractivity contribution in [3.8, 4) is 0 Å². The Morgan fingerprint density at radius 1 is 1.28 bits per heavy atom. The topological polar surface area (TPSA) is 92.1 Å². The molecule has 3 aliphatic rings. The van der Waals surface area contributed by atoms with Gasteiger partial charge in [0, 0.05) is 43.1 Å². The van der Waals surface area contributed by atoms with Crippen molar-refractivity contribution >= 4 is 23.3 Å². The molecule has 1 aliphatic carbocycles. The van der Waals surface area contributed by atoms with Crippen molar-refractivity contribution in [3.05, 3.63) is 34.5 Å². The van der Waals surface area contributed by atoms with E-state index in [1.807, 2.05) is 4.90 Å². The number of ether oxygens (including phenoxy) is 1. The molecule has 2 aliphatic heterocycles. The number of carbonyl (C=O) groups is 2. The van der Waals surface area contributed by atoms with E-state index in [1.54, 1.807) is 6.92 Å². The SMILES string of the molecule is COC(=O)c1nc(N2CCC(C3=NCC4=C3C(C)(O)CC(=O)C4)CC2)ccc1C(F)(F)F. The molecular formula is C22H24F3N3O4. The highest BCUT2D eigenvalue weighted by Gasteiger charge is 2.43. The molecule has 1 fully saturated rings. The fraction of sp³-hybridized carbons (Fsp3) is 0.545. The zero-order valence-electron chi connectivity index (χ0n) is 17.8. The fourth-order valence-electron chi connectivity index (χ4n) is 4.91. The zero-order valence-corrected chi connectivity index (χ0v) is 17.8. The summed E-state index contributed by atoms with van der Waals surface area (Å²) in [6.45, 7) is 3.09. The van der Waals surface area contributed by atoms with Crippen LogP contribution < -0.4 is 4.90 Å². The lowest BCUT2D eigenvalue weighted by molar-refractivity contribution is -0.138. The first kappa shape index (κ1) is 22.4. The predicted octanol–water partition coefficient (Wildman–Crippen LogP) is 2.97. The van der Waals surface area contributed by atoms with Gasteiger partial charge in [-0.05, 0) is 37.5 Å². The van der Waals surface area contributed by atoms with Crippen molar-refractivity contribution in [3.63, 3.8) is 0 Å². The summed E-state index contributed by atoms with van der Waals surface area (Å²) >= 11 is 0. The summed E-state index contributed by atoms with van der Waals surface area (Å²) in [6.07, 6.45) is -2.99. The van der Waals surface area contributed by atoms with E-state index in [0.29, 0.717) is 38.9 Å². The summed E-state index contributed by atoms with van der Waals surface area (Å²) in [7, 11) is 1.02. The molecule has 0 amide bonds. The van der Waals surface area contributed by atoms with E-state index < -0.39 is 29.0 Å². The summed E-state index contributed by atoms with van der Waals surface area (Å²) in [5, 5.41) is 10.8. The van der Waals surface area contributed by atoms with Crippen LogP contribution in [0.1, 0.15) is 48.7 Å². The quantitative estimate of drug-likeness (QED) is 0.711. The van der Waals surface area contributed by atoms with Crippen LogP contribution in [-0.4, -0.2) is 59.9 Å². The van der Waals surface area contributed by atoms with Gasteiger partial charge in [0.2, 0.25) is 0 Å². The Kier molecular flexibility index (Phi) is 5.60. The van der Waals surface area contributed by atoms with Crippen molar-refractivity contribution < 1.29 is 32.6 Å². The number of carbonyl (C=O) groups excluding carboxylic acids is 2. The normalized spacial score (nSPS) is 24.5. The van der Waals surface area contributed by atoms with Gasteiger partial charge in [0.05, 0.1) is 24.8 Å². The number of esters is 1. The highest BCUT2D eigenvalue weighted by atomic mass is 19.4. The Morgan fingerprint density at radius 3 is 2.59 bits per heavy atom. The maximum atomic E-state index is 13.2. The summed E-state index contributed by atoms with van der Waals surface area (Å²) in [6, 6.07) is 2.12. The summed E-state index contributed by atoms with van der Waals surface area (Å²) in [5.74, 6) is -0.772. The first-order valence-electron chi connectivity index (χ1n) is 10.4. The van der Waals surface area contributed by atoms with Crippen molar-refractivity contribution in [1.29, 1.82) is 0 Å². The minimum absolute atomic E-state index is 0.00908. The molecule has 1 saturated heterocycles. The second kappa shape index (κ2) is 7.99. The molecule has 0 radical (unpaired) electrons. The maximum Gasteiger partial charge on any atom is 0.418 e. The van der Waals surface area contributed by atoms with Gasteiger partial charge in [-0.1, -0.05) is 0 Å². The number of anilines is 1. The molecular weight excluding hydrogens is 427 g/mol. The van der Waals surface area contributed by atoms with Gasteiger partial charge in [-0.15, -0.1) is 0 Å². The van der Waals surface area contributed by atoms with E-state index >= 15 is 0 Å². The van der Waals surface area contributed by atoms with Crippen molar-refractivity contribution in [1.82, 2.24) is 4.98 Å². The predicted molar refractivity (Wildman–Crippen MR) is 110 cm³/mol. The Morgan fingerprint density at radius 2 is 1.97 bits per heavy atom. The average molecular weight is 451 g/mol. The van der Waals surface area contributed by atoms with Gasteiger partial charge in [-0.25, -0.2) is 9.78 Å². The molecule has 0 aromatic carbocycles. The van der Waals surface area contributed by atoms with Gasteiger partial charge in [0.1, 0.15) is 11.6 Å². The number of alkyl halides is 3. The van der Waals surface area contributed by atoms with Crippen molar-refractivity contribution in [2.45, 2.75) is 44.4 Å². The van der Waals surface area contributed by atoms with Gasteiger partial charge < -0.3 is 14.7 Å². The molecule has 1 aromatic rings. The number of piperidine rings is 1. The first-order valence-corrected chi connectivity index (χ1v) is 10.4. The number of methoxy groups -OCH3 is 1. The standard InChI is InChI=1S/C22H24F3N3O4/c1-21(31)10-14(29)9-13-11-26-18(17(13)21)12-5-7-28(8-6-12)16-4-3-15(22(23,24)25)19(27-16)20(30)32-2/h3-4,12,31H,5-11H2,1-2H3.